The van der Waals surface area contributed by atoms with Crippen LogP contribution >= 0.6 is 24.0 Å². The fourth-order valence-corrected chi connectivity index (χ4v) is 3.12. The van der Waals surface area contributed by atoms with E-state index in [2.05, 4.69) is 26.0 Å². The standard InChI is InChI=1S/C22H23F3N6O.HI/c1-13-10-14(2)31(30-13)18-7-5-4-6-15(18)11-27-22(26-3)28-12-19(32)29-17-9-8-16(23)20(24)21(17)25;/h4-10H,11-12H2,1-3H3,(H,29,32)(H2,26,27,28);1H. The summed E-state index contributed by atoms with van der Waals surface area (Å²) in [6.07, 6.45) is 0. The molecule has 1 aromatic heterocycles. The average Bonchev–Trinajstić information content (AvgIpc) is 3.12. The van der Waals surface area contributed by atoms with Gasteiger partial charge in [0.1, 0.15) is 0 Å². The highest BCUT2D eigenvalue weighted by Gasteiger charge is 2.15. The molecule has 0 spiro atoms. The molecule has 1 heterocycles. The van der Waals surface area contributed by atoms with Gasteiger partial charge in [-0.3, -0.25) is 9.79 Å². The van der Waals surface area contributed by atoms with Crippen LogP contribution in [0.4, 0.5) is 18.9 Å². The van der Waals surface area contributed by atoms with E-state index in [1.54, 1.807) is 0 Å². The Bertz CT molecular complexity index is 1170. The third kappa shape index (κ3) is 6.46. The number of aliphatic imine (C=N–C) groups is 1. The fourth-order valence-electron chi connectivity index (χ4n) is 3.12. The van der Waals surface area contributed by atoms with Gasteiger partial charge in [-0.25, -0.2) is 17.9 Å². The Morgan fingerprint density at radius 3 is 2.45 bits per heavy atom. The topological polar surface area (TPSA) is 83.3 Å². The van der Waals surface area contributed by atoms with Crippen LogP contribution in [0.25, 0.3) is 5.69 Å². The van der Waals surface area contributed by atoms with E-state index in [0.717, 1.165) is 34.8 Å². The zero-order valence-corrected chi connectivity index (χ0v) is 20.6. The lowest BCUT2D eigenvalue weighted by Crippen LogP contribution is -2.41. The number of nitrogens with one attached hydrogen (secondary N) is 3. The monoisotopic (exact) mass is 572 g/mol. The maximum atomic E-state index is 13.7. The lowest BCUT2D eigenvalue weighted by atomic mass is 10.1. The van der Waals surface area contributed by atoms with Gasteiger partial charge in [0, 0.05) is 19.3 Å². The van der Waals surface area contributed by atoms with E-state index in [1.165, 1.54) is 7.05 Å². The van der Waals surface area contributed by atoms with E-state index >= 15 is 0 Å². The Morgan fingerprint density at radius 1 is 1.06 bits per heavy atom. The molecule has 0 bridgehead atoms. The Labute approximate surface area is 206 Å². The maximum absolute atomic E-state index is 13.7. The first kappa shape index (κ1) is 26.2. The van der Waals surface area contributed by atoms with E-state index in [4.69, 9.17) is 0 Å². The van der Waals surface area contributed by atoms with E-state index < -0.39 is 29.0 Å². The van der Waals surface area contributed by atoms with Gasteiger partial charge >= 0.3 is 0 Å². The first-order valence-corrected chi connectivity index (χ1v) is 9.79. The SMILES string of the molecule is CN=C(NCC(=O)Nc1ccc(F)c(F)c1F)NCc1ccccc1-n1nc(C)cc1C.I. The van der Waals surface area contributed by atoms with Crippen LogP contribution in [-0.4, -0.2) is 35.2 Å². The first-order valence-electron chi connectivity index (χ1n) is 9.79. The Hall–Kier alpha value is -3.09. The third-order valence-corrected chi connectivity index (χ3v) is 4.62. The summed E-state index contributed by atoms with van der Waals surface area (Å²) in [5, 5.41) is 12.6. The molecule has 1 amide bonds. The maximum Gasteiger partial charge on any atom is 0.243 e. The molecule has 0 fully saturated rings. The van der Waals surface area contributed by atoms with Crippen molar-refractivity contribution in [3.8, 4) is 5.69 Å². The number of guanidine groups is 1. The Kier molecular flexibility index (Phi) is 9.26. The van der Waals surface area contributed by atoms with Crippen molar-refractivity contribution in [3.05, 3.63) is 76.9 Å². The number of nitrogens with zero attached hydrogens (tertiary/aromatic N) is 3. The third-order valence-electron chi connectivity index (χ3n) is 4.62. The molecular formula is C22H24F3IN6O. The molecule has 3 rings (SSSR count). The highest BCUT2D eigenvalue weighted by molar-refractivity contribution is 14.0. The Morgan fingerprint density at radius 2 is 1.79 bits per heavy atom. The van der Waals surface area contributed by atoms with Gasteiger partial charge in [0.25, 0.3) is 0 Å². The van der Waals surface area contributed by atoms with E-state index in [-0.39, 0.29) is 30.5 Å². The number of carbonyl (C=O) groups excluding carboxylic acids is 1. The van der Waals surface area contributed by atoms with Gasteiger partial charge in [-0.2, -0.15) is 5.10 Å². The molecule has 2 aromatic carbocycles. The molecule has 0 unspecified atom stereocenters. The largest absolute Gasteiger partial charge is 0.352 e. The molecule has 11 heteroatoms. The van der Waals surface area contributed by atoms with E-state index in [0.29, 0.717) is 12.5 Å². The van der Waals surface area contributed by atoms with Crippen molar-refractivity contribution in [2.24, 2.45) is 4.99 Å². The first-order chi connectivity index (χ1) is 15.3. The van der Waals surface area contributed by atoms with Gasteiger partial charge in [-0.15, -0.1) is 24.0 Å². The van der Waals surface area contributed by atoms with Crippen LogP contribution in [0, 0.1) is 31.3 Å². The smallest absolute Gasteiger partial charge is 0.243 e. The molecule has 0 atom stereocenters. The van der Waals surface area contributed by atoms with Gasteiger partial charge in [0.15, 0.2) is 23.4 Å². The normalized spacial score (nSPS) is 11.0. The second-order valence-electron chi connectivity index (χ2n) is 7.02. The number of rotatable bonds is 6. The summed E-state index contributed by atoms with van der Waals surface area (Å²) < 4.78 is 41.9. The number of halogens is 4. The zero-order valence-electron chi connectivity index (χ0n) is 18.2. The van der Waals surface area contributed by atoms with E-state index in [9.17, 15) is 18.0 Å². The number of benzene rings is 2. The molecule has 0 saturated carbocycles. The lowest BCUT2D eigenvalue weighted by Gasteiger charge is -2.15. The quantitative estimate of drug-likeness (QED) is 0.182. The van der Waals surface area contributed by atoms with Crippen LogP contribution in [0.5, 0.6) is 0 Å². The molecule has 0 saturated heterocycles. The minimum atomic E-state index is -1.64. The molecular weight excluding hydrogens is 548 g/mol. The highest BCUT2D eigenvalue weighted by atomic mass is 127. The Balaban J connectivity index is 0.00000385. The predicted octanol–water partition coefficient (Wildman–Crippen LogP) is 3.83. The second-order valence-corrected chi connectivity index (χ2v) is 7.02. The molecule has 0 aliphatic heterocycles. The van der Waals surface area contributed by atoms with Crippen molar-refractivity contribution in [3.63, 3.8) is 0 Å². The van der Waals surface area contributed by atoms with Crippen LogP contribution in [0.1, 0.15) is 17.0 Å². The van der Waals surface area contributed by atoms with Crippen LogP contribution in [0.3, 0.4) is 0 Å². The summed E-state index contributed by atoms with van der Waals surface area (Å²) in [7, 11) is 1.54. The summed E-state index contributed by atoms with van der Waals surface area (Å²) in [5.74, 6) is -4.75. The lowest BCUT2D eigenvalue weighted by molar-refractivity contribution is -0.115. The van der Waals surface area contributed by atoms with Gasteiger partial charge in [0.05, 0.1) is 23.6 Å². The van der Waals surface area contributed by atoms with Crippen molar-refractivity contribution in [2.75, 3.05) is 18.9 Å². The molecule has 0 radical (unpaired) electrons. The molecule has 0 aliphatic carbocycles. The summed E-state index contributed by atoms with van der Waals surface area (Å²) in [6.45, 7) is 4.03. The van der Waals surface area contributed by atoms with Crippen molar-refractivity contribution in [2.45, 2.75) is 20.4 Å². The number of aromatic nitrogens is 2. The van der Waals surface area contributed by atoms with Gasteiger partial charge in [0.2, 0.25) is 5.91 Å². The van der Waals surface area contributed by atoms with Crippen molar-refractivity contribution in [1.82, 2.24) is 20.4 Å². The summed E-state index contributed by atoms with van der Waals surface area (Å²) >= 11 is 0. The van der Waals surface area contributed by atoms with E-state index in [1.807, 2.05) is 48.9 Å². The molecule has 0 aliphatic rings. The van der Waals surface area contributed by atoms with Gasteiger partial charge in [-0.1, -0.05) is 18.2 Å². The second kappa shape index (κ2) is 11.7. The number of hydrogen-bond donors (Lipinski definition) is 3. The number of amides is 1. The number of hydrogen-bond acceptors (Lipinski definition) is 3. The predicted molar refractivity (Wildman–Crippen MR) is 132 cm³/mol. The molecule has 7 nitrogen and oxygen atoms in total. The molecule has 176 valence electrons. The number of para-hydroxylation sites is 1. The van der Waals surface area contributed by atoms with Crippen LogP contribution < -0.4 is 16.0 Å². The number of anilines is 1. The number of carbonyl (C=O) groups is 1. The fraction of sp³-hybridized carbons (Fsp3) is 0.227. The van der Waals surface area contributed by atoms with Crippen LogP contribution in [-0.2, 0) is 11.3 Å². The van der Waals surface area contributed by atoms with Crippen molar-refractivity contribution >= 4 is 41.5 Å². The number of aryl methyl sites for hydroxylation is 2. The van der Waals surface area contributed by atoms with Gasteiger partial charge in [-0.05, 0) is 43.7 Å². The van der Waals surface area contributed by atoms with Crippen LogP contribution in [0.15, 0.2) is 47.5 Å². The van der Waals surface area contributed by atoms with Crippen molar-refractivity contribution < 1.29 is 18.0 Å². The molecule has 3 N–H and O–H groups in total. The molecule has 33 heavy (non-hydrogen) atoms. The van der Waals surface area contributed by atoms with Crippen molar-refractivity contribution in [1.29, 1.82) is 0 Å². The summed E-state index contributed by atoms with van der Waals surface area (Å²) in [6, 6.07) is 11.4. The van der Waals surface area contributed by atoms with Gasteiger partial charge < -0.3 is 16.0 Å². The summed E-state index contributed by atoms with van der Waals surface area (Å²) in [5.41, 5.74) is 3.32. The zero-order chi connectivity index (χ0) is 23.3. The highest BCUT2D eigenvalue weighted by Crippen LogP contribution is 2.19. The van der Waals surface area contributed by atoms with Crippen LogP contribution in [0.2, 0.25) is 0 Å². The minimum absolute atomic E-state index is 0. The summed E-state index contributed by atoms with van der Waals surface area (Å²) in [4.78, 5) is 16.1. The average molecular weight is 572 g/mol. The minimum Gasteiger partial charge on any atom is -0.352 e. The molecule has 3 aromatic rings.